The van der Waals surface area contributed by atoms with Gasteiger partial charge in [0.25, 0.3) is 5.09 Å². The third-order valence-electron chi connectivity index (χ3n) is 7.50. The van der Waals surface area contributed by atoms with E-state index in [2.05, 4.69) is 21.4 Å². The smallest absolute Gasteiger partial charge is 0.429 e. The first-order chi connectivity index (χ1) is 22.9. The van der Waals surface area contributed by atoms with Crippen molar-refractivity contribution in [2.75, 3.05) is 6.73 Å². The lowest BCUT2D eigenvalue weighted by Crippen LogP contribution is -2.33. The number of hydrogen-bond acceptors (Lipinski definition) is 11. The van der Waals surface area contributed by atoms with Crippen molar-refractivity contribution in [3.05, 3.63) is 122 Å². The minimum absolute atomic E-state index is 0.103. The molecular weight excluding hydrogens is 618 g/mol. The van der Waals surface area contributed by atoms with Crippen LogP contribution in [0, 0.1) is 17.0 Å². The van der Waals surface area contributed by atoms with Gasteiger partial charge in [0.2, 0.25) is 0 Å². The normalized spacial score (nSPS) is 11.7. The van der Waals surface area contributed by atoms with Gasteiger partial charge < -0.3 is 29.7 Å². The van der Waals surface area contributed by atoms with Gasteiger partial charge in [0, 0.05) is 24.2 Å². The van der Waals surface area contributed by atoms with E-state index in [0.29, 0.717) is 28.9 Å². The van der Waals surface area contributed by atoms with Crippen LogP contribution in [0.25, 0.3) is 11.1 Å². The third-order valence-corrected chi connectivity index (χ3v) is 7.50. The van der Waals surface area contributed by atoms with Crippen molar-refractivity contribution in [1.29, 1.82) is 0 Å². The van der Waals surface area contributed by atoms with Crippen LogP contribution >= 0.6 is 0 Å². The van der Waals surface area contributed by atoms with E-state index in [1.165, 1.54) is 0 Å². The summed E-state index contributed by atoms with van der Waals surface area (Å²) < 4.78 is 12.3. The van der Waals surface area contributed by atoms with Crippen LogP contribution in [-0.4, -0.2) is 43.6 Å². The first-order valence-electron chi connectivity index (χ1n) is 15.3. The van der Waals surface area contributed by atoms with Crippen LogP contribution in [0.3, 0.4) is 0 Å². The second-order valence-electron chi connectivity index (χ2n) is 11.6. The van der Waals surface area contributed by atoms with Crippen molar-refractivity contribution in [3.63, 3.8) is 0 Å². The zero-order valence-corrected chi connectivity index (χ0v) is 27.5. The molecule has 48 heavy (non-hydrogen) atoms. The number of aromatic nitrogens is 2. The number of amidine groups is 1. The first kappa shape index (κ1) is 35.4. The fourth-order valence-electron chi connectivity index (χ4n) is 5.21. The molecule has 0 radical (unpaired) electrons. The Morgan fingerprint density at radius 3 is 2.33 bits per heavy atom. The molecule has 1 heterocycles. The van der Waals surface area contributed by atoms with Crippen molar-refractivity contribution in [2.24, 2.45) is 16.7 Å². The van der Waals surface area contributed by atoms with Gasteiger partial charge in [-0.05, 0) is 55.0 Å². The van der Waals surface area contributed by atoms with E-state index in [9.17, 15) is 20.0 Å². The number of aliphatic hydroxyl groups is 1. The standard InChI is InChI=1S/C34H41N7O7/c1-5-10-30-37-31(34(3,4)43)23(2)39(30)19-24-15-17-25(18-16-24)28-13-8-9-14-29(28)32(35)38-40(36)22-47-33(42)46-20-26-11-6-7-12-27(26)21-48-41(44)45/h6-9,11-18,43H,5,10,19-22,36H2,1-4H3,(H2,35,38). The van der Waals surface area contributed by atoms with Crippen LogP contribution in [0.1, 0.15) is 66.7 Å². The molecule has 14 nitrogen and oxygen atoms in total. The Kier molecular flexibility index (Phi) is 11.7. The second kappa shape index (κ2) is 15.9. The molecule has 0 saturated heterocycles. The molecular formula is C34H41N7O7. The molecule has 0 atom stereocenters. The Bertz CT molecular complexity index is 1750. The maximum absolute atomic E-state index is 12.2. The summed E-state index contributed by atoms with van der Waals surface area (Å²) in [5.74, 6) is 6.99. The highest BCUT2D eigenvalue weighted by atomic mass is 16.9. The number of carbonyl (C=O) groups excluding carboxylic acids is 1. The summed E-state index contributed by atoms with van der Waals surface area (Å²) in [6.07, 6.45) is 0.731. The predicted molar refractivity (Wildman–Crippen MR) is 178 cm³/mol. The molecule has 1 aromatic heterocycles. The van der Waals surface area contributed by atoms with Crippen molar-refractivity contribution in [1.82, 2.24) is 14.7 Å². The fraction of sp³-hybridized carbons (Fsp3) is 0.324. The molecule has 0 unspecified atom stereocenters. The Balaban J connectivity index is 1.40. The SMILES string of the molecule is CCCc1nc(C(C)(C)O)c(C)n1Cc1ccc(-c2ccccc2/C(N)=N/N(N)COC(=O)OCc2ccccc2CO[N+](=O)[O-])cc1. The molecule has 14 heteroatoms. The Hall–Kier alpha value is -5.47. The average molecular weight is 660 g/mol. The van der Waals surface area contributed by atoms with Gasteiger partial charge in [-0.15, -0.1) is 15.2 Å². The second-order valence-corrected chi connectivity index (χ2v) is 11.6. The van der Waals surface area contributed by atoms with Gasteiger partial charge in [0.15, 0.2) is 12.6 Å². The topological polar surface area (TPSA) is 194 Å². The van der Waals surface area contributed by atoms with Crippen molar-refractivity contribution in [2.45, 2.75) is 65.9 Å². The van der Waals surface area contributed by atoms with Crippen LogP contribution in [0.5, 0.6) is 0 Å². The predicted octanol–water partition coefficient (Wildman–Crippen LogP) is 4.90. The number of nitrogens with two attached hydrogens (primary N) is 2. The maximum Gasteiger partial charge on any atom is 0.510 e. The van der Waals surface area contributed by atoms with Gasteiger partial charge in [0.1, 0.15) is 24.6 Å². The van der Waals surface area contributed by atoms with Crippen LogP contribution < -0.4 is 11.6 Å². The molecule has 0 aliphatic heterocycles. The zero-order valence-electron chi connectivity index (χ0n) is 27.5. The minimum Gasteiger partial charge on any atom is -0.429 e. The van der Waals surface area contributed by atoms with Gasteiger partial charge in [-0.2, -0.15) is 5.12 Å². The van der Waals surface area contributed by atoms with Crippen LogP contribution in [0.2, 0.25) is 0 Å². The van der Waals surface area contributed by atoms with Gasteiger partial charge in [-0.25, -0.2) is 15.6 Å². The van der Waals surface area contributed by atoms with E-state index < -0.39 is 23.6 Å². The van der Waals surface area contributed by atoms with Gasteiger partial charge >= 0.3 is 6.16 Å². The summed E-state index contributed by atoms with van der Waals surface area (Å²) >= 11 is 0. The highest BCUT2D eigenvalue weighted by Crippen LogP contribution is 2.27. The van der Waals surface area contributed by atoms with E-state index in [-0.39, 0.29) is 19.0 Å². The number of carbonyl (C=O) groups is 1. The first-order valence-corrected chi connectivity index (χ1v) is 15.3. The Labute approximate surface area is 278 Å². The van der Waals surface area contributed by atoms with Crippen LogP contribution in [0.15, 0.2) is 77.9 Å². The number of rotatable bonds is 15. The lowest BCUT2D eigenvalue weighted by molar-refractivity contribution is -0.763. The van der Waals surface area contributed by atoms with E-state index in [0.717, 1.165) is 46.2 Å². The largest absolute Gasteiger partial charge is 0.510 e. The number of hydrogen-bond donors (Lipinski definition) is 3. The van der Waals surface area contributed by atoms with Gasteiger partial charge in [-0.1, -0.05) is 79.7 Å². The summed E-state index contributed by atoms with van der Waals surface area (Å²) in [4.78, 5) is 31.9. The third kappa shape index (κ3) is 9.30. The molecule has 0 aliphatic rings. The van der Waals surface area contributed by atoms with E-state index in [1.807, 2.05) is 55.5 Å². The number of imidazole rings is 1. The quantitative estimate of drug-likeness (QED) is 0.0299. The molecule has 4 rings (SSSR count). The molecule has 3 aromatic carbocycles. The summed E-state index contributed by atoms with van der Waals surface area (Å²) in [7, 11) is 0. The fourth-order valence-corrected chi connectivity index (χ4v) is 5.21. The molecule has 0 amide bonds. The Morgan fingerprint density at radius 1 is 1.04 bits per heavy atom. The zero-order chi connectivity index (χ0) is 34.8. The average Bonchev–Trinajstić information content (AvgIpc) is 3.37. The Morgan fingerprint density at radius 2 is 1.69 bits per heavy atom. The summed E-state index contributed by atoms with van der Waals surface area (Å²) in [5.41, 5.74) is 11.4. The molecule has 0 bridgehead atoms. The van der Waals surface area contributed by atoms with Crippen molar-refractivity contribution < 1.29 is 29.3 Å². The van der Waals surface area contributed by atoms with Gasteiger partial charge in [-0.3, -0.25) is 0 Å². The van der Waals surface area contributed by atoms with Crippen molar-refractivity contribution in [3.8, 4) is 11.1 Å². The number of benzene rings is 3. The number of ether oxygens (including phenoxy) is 2. The maximum atomic E-state index is 12.2. The monoisotopic (exact) mass is 659 g/mol. The van der Waals surface area contributed by atoms with E-state index in [4.69, 9.17) is 26.0 Å². The molecule has 0 saturated carbocycles. The molecule has 254 valence electrons. The van der Waals surface area contributed by atoms with Crippen molar-refractivity contribution >= 4 is 12.0 Å². The molecule has 0 aliphatic carbocycles. The highest BCUT2D eigenvalue weighted by Gasteiger charge is 2.25. The van der Waals surface area contributed by atoms with E-state index in [1.54, 1.807) is 38.1 Å². The van der Waals surface area contributed by atoms with E-state index >= 15 is 0 Å². The van der Waals surface area contributed by atoms with Crippen LogP contribution in [-0.2, 0) is 46.1 Å². The molecule has 0 fully saturated rings. The van der Waals surface area contributed by atoms with Gasteiger partial charge in [0.05, 0.1) is 5.69 Å². The highest BCUT2D eigenvalue weighted by molar-refractivity contribution is 6.03. The number of hydrazine groups is 1. The summed E-state index contributed by atoms with van der Waals surface area (Å²) in [6.45, 7) is 7.28. The lowest BCUT2D eigenvalue weighted by atomic mass is 9.98. The summed E-state index contributed by atoms with van der Waals surface area (Å²) in [6, 6.07) is 22.2. The molecule has 5 N–H and O–H groups in total. The molecule has 4 aromatic rings. The minimum atomic E-state index is -1.03. The van der Waals surface area contributed by atoms with Crippen LogP contribution in [0.4, 0.5) is 4.79 Å². The number of aryl methyl sites for hydroxylation is 1. The summed E-state index contributed by atoms with van der Waals surface area (Å²) in [5, 5.41) is 25.3. The number of hydrazone groups is 1. The lowest BCUT2D eigenvalue weighted by Gasteiger charge is -2.16. The molecule has 0 spiro atoms. The number of nitrogens with zero attached hydrogens (tertiary/aromatic N) is 5.